The number of imidazole rings is 1. The molecule has 6 heteroatoms. The van der Waals surface area contributed by atoms with Crippen molar-refractivity contribution in [3.63, 3.8) is 0 Å². The molecule has 0 fully saturated rings. The average Bonchev–Trinajstić information content (AvgIpc) is 2.78. The minimum atomic E-state index is -0.285. The molecule has 0 spiro atoms. The maximum absolute atomic E-state index is 6.05. The van der Waals surface area contributed by atoms with Crippen LogP contribution in [0.4, 0.5) is 5.95 Å². The summed E-state index contributed by atoms with van der Waals surface area (Å²) in [5, 5.41) is 4.48. The largest absolute Gasteiger partial charge is 0.374 e. The Hall–Kier alpha value is -1.56. The highest BCUT2D eigenvalue weighted by molar-refractivity contribution is 5.77. The van der Waals surface area contributed by atoms with Gasteiger partial charge < -0.3 is 10.5 Å². The van der Waals surface area contributed by atoms with E-state index >= 15 is 0 Å². The molecule has 0 radical (unpaired) electrons. The molecule has 106 valence electrons. The van der Waals surface area contributed by atoms with Gasteiger partial charge in [0.1, 0.15) is 5.52 Å². The Kier molecular flexibility index (Phi) is 3.54. The fraction of sp³-hybridized carbons (Fsp3) is 0.692. The third-order valence-corrected chi connectivity index (χ3v) is 3.23. The van der Waals surface area contributed by atoms with Gasteiger partial charge in [-0.3, -0.25) is 9.25 Å². The molecule has 2 N–H and O–H groups in total. The first-order chi connectivity index (χ1) is 8.89. The lowest BCUT2D eigenvalue weighted by atomic mass is 10.1. The molecule has 2 heterocycles. The number of rotatable bonds is 5. The topological polar surface area (TPSA) is 70.9 Å². The Morgan fingerprint density at radius 2 is 2.00 bits per heavy atom. The van der Waals surface area contributed by atoms with E-state index in [2.05, 4.69) is 30.9 Å². The van der Waals surface area contributed by atoms with Gasteiger partial charge in [-0.15, -0.1) is 0 Å². The van der Waals surface area contributed by atoms with Crippen molar-refractivity contribution < 1.29 is 4.74 Å². The zero-order valence-electron chi connectivity index (χ0n) is 12.4. The SMILES string of the molecule is CCOC(C)(C)Cn1c(N)nc2c(CC)nn(C)c21. The number of aromatic nitrogens is 4. The fourth-order valence-corrected chi connectivity index (χ4v) is 2.47. The minimum Gasteiger partial charge on any atom is -0.374 e. The molecular formula is C13H23N5O. The van der Waals surface area contributed by atoms with Crippen LogP contribution in [0.5, 0.6) is 0 Å². The van der Waals surface area contributed by atoms with Crippen molar-refractivity contribution in [3.05, 3.63) is 5.69 Å². The molecular weight excluding hydrogens is 242 g/mol. The van der Waals surface area contributed by atoms with Gasteiger partial charge >= 0.3 is 0 Å². The summed E-state index contributed by atoms with van der Waals surface area (Å²) in [5.41, 5.74) is 8.61. The van der Waals surface area contributed by atoms with Crippen LogP contribution in [0.1, 0.15) is 33.4 Å². The van der Waals surface area contributed by atoms with Crippen LogP contribution in [-0.4, -0.2) is 31.5 Å². The second kappa shape index (κ2) is 4.85. The Morgan fingerprint density at radius 3 is 2.58 bits per heavy atom. The number of hydrogen-bond donors (Lipinski definition) is 1. The van der Waals surface area contributed by atoms with E-state index in [4.69, 9.17) is 10.5 Å². The maximum Gasteiger partial charge on any atom is 0.202 e. The molecule has 19 heavy (non-hydrogen) atoms. The van der Waals surface area contributed by atoms with Crippen molar-refractivity contribution in [1.82, 2.24) is 19.3 Å². The number of nitrogens with zero attached hydrogens (tertiary/aromatic N) is 4. The number of fused-ring (bicyclic) bond motifs is 1. The highest BCUT2D eigenvalue weighted by atomic mass is 16.5. The van der Waals surface area contributed by atoms with Crippen LogP contribution in [0.3, 0.4) is 0 Å². The Bertz CT molecular complexity index is 581. The van der Waals surface area contributed by atoms with Crippen LogP contribution in [0.25, 0.3) is 11.2 Å². The molecule has 0 unspecified atom stereocenters. The van der Waals surface area contributed by atoms with Gasteiger partial charge in [0.05, 0.1) is 17.8 Å². The first-order valence-corrected chi connectivity index (χ1v) is 6.71. The van der Waals surface area contributed by atoms with E-state index in [-0.39, 0.29) is 5.60 Å². The quantitative estimate of drug-likeness (QED) is 0.893. The van der Waals surface area contributed by atoms with E-state index < -0.39 is 0 Å². The van der Waals surface area contributed by atoms with Crippen molar-refractivity contribution in [2.24, 2.45) is 7.05 Å². The fourth-order valence-electron chi connectivity index (χ4n) is 2.47. The van der Waals surface area contributed by atoms with E-state index in [1.807, 2.05) is 23.2 Å². The van der Waals surface area contributed by atoms with Gasteiger partial charge in [-0.1, -0.05) is 6.92 Å². The maximum atomic E-state index is 6.05. The van der Waals surface area contributed by atoms with E-state index in [1.165, 1.54) is 0 Å². The van der Waals surface area contributed by atoms with Crippen LogP contribution in [-0.2, 0) is 24.8 Å². The average molecular weight is 265 g/mol. The minimum absolute atomic E-state index is 0.285. The molecule has 0 atom stereocenters. The van der Waals surface area contributed by atoms with Crippen LogP contribution < -0.4 is 5.73 Å². The molecule has 2 rings (SSSR count). The van der Waals surface area contributed by atoms with Crippen molar-refractivity contribution in [2.75, 3.05) is 12.3 Å². The van der Waals surface area contributed by atoms with Gasteiger partial charge in [-0.2, -0.15) is 5.10 Å². The van der Waals surface area contributed by atoms with Gasteiger partial charge in [0.25, 0.3) is 0 Å². The normalized spacial score (nSPS) is 12.5. The standard InChI is InChI=1S/C13H23N5O/c1-6-9-10-11(17(5)16-9)18(12(14)15-10)8-13(3,4)19-7-2/h6-8H2,1-5H3,(H2,14,15). The zero-order valence-corrected chi connectivity index (χ0v) is 12.4. The first kappa shape index (κ1) is 13.9. The van der Waals surface area contributed by atoms with Crippen LogP contribution in [0, 0.1) is 0 Å². The van der Waals surface area contributed by atoms with Gasteiger partial charge in [-0.25, -0.2) is 4.98 Å². The lowest BCUT2D eigenvalue weighted by molar-refractivity contribution is -0.0214. The predicted molar refractivity (Wildman–Crippen MR) is 76.0 cm³/mol. The number of anilines is 1. The molecule has 0 aromatic carbocycles. The first-order valence-electron chi connectivity index (χ1n) is 6.71. The Balaban J connectivity index is 2.48. The molecule has 0 bridgehead atoms. The summed E-state index contributed by atoms with van der Waals surface area (Å²) in [7, 11) is 1.92. The Labute approximate surface area is 113 Å². The summed E-state index contributed by atoms with van der Waals surface area (Å²) < 4.78 is 9.58. The van der Waals surface area contributed by atoms with Gasteiger partial charge in [-0.05, 0) is 27.2 Å². The van der Waals surface area contributed by atoms with Gasteiger partial charge in [0.2, 0.25) is 5.95 Å². The molecule has 0 saturated carbocycles. The summed E-state index contributed by atoms with van der Waals surface area (Å²) in [6.07, 6.45) is 0.850. The number of nitrogen functional groups attached to an aromatic ring is 1. The second-order valence-corrected chi connectivity index (χ2v) is 5.34. The molecule has 0 aliphatic rings. The third kappa shape index (κ3) is 2.45. The van der Waals surface area contributed by atoms with E-state index in [1.54, 1.807) is 0 Å². The molecule has 0 aliphatic heterocycles. The number of hydrogen-bond acceptors (Lipinski definition) is 4. The zero-order chi connectivity index (χ0) is 14.2. The lowest BCUT2D eigenvalue weighted by Crippen LogP contribution is -2.31. The van der Waals surface area contributed by atoms with E-state index in [9.17, 15) is 0 Å². The van der Waals surface area contributed by atoms with Crippen molar-refractivity contribution in [2.45, 2.75) is 46.3 Å². The summed E-state index contributed by atoms with van der Waals surface area (Å²) in [4.78, 5) is 4.45. The number of nitrogens with two attached hydrogens (primary N) is 1. The Morgan fingerprint density at radius 1 is 1.32 bits per heavy atom. The number of aryl methyl sites for hydroxylation is 2. The molecule has 0 amide bonds. The molecule has 0 saturated heterocycles. The lowest BCUT2D eigenvalue weighted by Gasteiger charge is -2.25. The number of ether oxygens (including phenoxy) is 1. The molecule has 0 aliphatic carbocycles. The summed E-state index contributed by atoms with van der Waals surface area (Å²) in [5.74, 6) is 0.519. The summed E-state index contributed by atoms with van der Waals surface area (Å²) in [6.45, 7) is 9.51. The van der Waals surface area contributed by atoms with Crippen molar-refractivity contribution in [1.29, 1.82) is 0 Å². The van der Waals surface area contributed by atoms with Gasteiger partial charge in [0.15, 0.2) is 5.65 Å². The highest BCUT2D eigenvalue weighted by Crippen LogP contribution is 2.24. The summed E-state index contributed by atoms with van der Waals surface area (Å²) >= 11 is 0. The predicted octanol–water partition coefficient (Wildman–Crippen LogP) is 1.73. The smallest absolute Gasteiger partial charge is 0.202 e. The van der Waals surface area contributed by atoms with Crippen LogP contribution >= 0.6 is 0 Å². The summed E-state index contributed by atoms with van der Waals surface area (Å²) in [6, 6.07) is 0. The van der Waals surface area contributed by atoms with E-state index in [0.29, 0.717) is 19.1 Å². The van der Waals surface area contributed by atoms with Crippen LogP contribution in [0.2, 0.25) is 0 Å². The van der Waals surface area contributed by atoms with Crippen molar-refractivity contribution >= 4 is 17.1 Å². The molecule has 2 aromatic rings. The van der Waals surface area contributed by atoms with Gasteiger partial charge in [0, 0.05) is 13.7 Å². The molecule has 6 nitrogen and oxygen atoms in total. The highest BCUT2D eigenvalue weighted by Gasteiger charge is 2.24. The van der Waals surface area contributed by atoms with Crippen molar-refractivity contribution in [3.8, 4) is 0 Å². The van der Waals surface area contributed by atoms with E-state index in [0.717, 1.165) is 23.3 Å². The van der Waals surface area contributed by atoms with Crippen LogP contribution in [0.15, 0.2) is 0 Å². The molecule has 2 aromatic heterocycles. The monoisotopic (exact) mass is 265 g/mol. The second-order valence-electron chi connectivity index (χ2n) is 5.34. The third-order valence-electron chi connectivity index (χ3n) is 3.23.